The molecule has 0 aromatic rings. The zero-order valence-corrected chi connectivity index (χ0v) is 7.11. The maximum atomic E-state index is 5.83. The van der Waals surface area contributed by atoms with E-state index in [1.165, 1.54) is 0 Å². The Morgan fingerprint density at radius 3 is 2.60 bits per heavy atom. The molecule has 1 unspecified atom stereocenters. The lowest BCUT2D eigenvalue weighted by molar-refractivity contribution is 0.140. The highest BCUT2D eigenvalue weighted by atomic mass is 16.5. The minimum absolute atomic E-state index is 0.231. The second-order valence-electron chi connectivity index (χ2n) is 2.87. The molecule has 0 rings (SSSR count). The summed E-state index contributed by atoms with van der Waals surface area (Å²) in [6, 6.07) is 0. The first kappa shape index (κ1) is 9.88. The predicted molar refractivity (Wildman–Crippen MR) is 43.0 cm³/mol. The fourth-order valence-corrected chi connectivity index (χ4v) is 0.791. The van der Waals surface area contributed by atoms with E-state index < -0.39 is 0 Å². The number of methoxy groups -OCH3 is 1. The summed E-state index contributed by atoms with van der Waals surface area (Å²) in [6.45, 7) is 6.38. The number of rotatable bonds is 5. The van der Waals surface area contributed by atoms with Crippen LogP contribution >= 0.6 is 0 Å². The van der Waals surface area contributed by atoms with Crippen LogP contribution in [-0.4, -0.2) is 32.3 Å². The molecule has 10 heavy (non-hydrogen) atoms. The molecule has 3 N–H and O–H groups in total. The predicted octanol–water partition coefficient (Wildman–Crippen LogP) is -0.0403. The Morgan fingerprint density at radius 1 is 1.60 bits per heavy atom. The van der Waals surface area contributed by atoms with Gasteiger partial charge in [-0.3, -0.25) is 0 Å². The van der Waals surface area contributed by atoms with Gasteiger partial charge in [0.05, 0.1) is 6.61 Å². The number of hydrogen-bond donors (Lipinski definition) is 2. The molecule has 0 spiro atoms. The van der Waals surface area contributed by atoms with Gasteiger partial charge in [-0.1, -0.05) is 6.92 Å². The van der Waals surface area contributed by atoms with Gasteiger partial charge >= 0.3 is 0 Å². The highest BCUT2D eigenvalue weighted by molar-refractivity contribution is 4.80. The fourth-order valence-electron chi connectivity index (χ4n) is 0.791. The van der Waals surface area contributed by atoms with Crippen LogP contribution in [0.4, 0.5) is 0 Å². The van der Waals surface area contributed by atoms with Crippen LogP contribution in [0.3, 0.4) is 0 Å². The molecule has 0 radical (unpaired) electrons. The average molecular weight is 146 g/mol. The van der Waals surface area contributed by atoms with Crippen LogP contribution in [0.15, 0.2) is 0 Å². The maximum Gasteiger partial charge on any atom is 0.0652 e. The summed E-state index contributed by atoms with van der Waals surface area (Å²) in [5.41, 5.74) is 5.59. The van der Waals surface area contributed by atoms with Gasteiger partial charge in [-0.2, -0.15) is 0 Å². The Morgan fingerprint density at radius 2 is 2.20 bits per heavy atom. The summed E-state index contributed by atoms with van der Waals surface area (Å²) in [4.78, 5) is 0. The second-order valence-corrected chi connectivity index (χ2v) is 2.87. The summed E-state index contributed by atoms with van der Waals surface area (Å²) < 4.78 is 4.94. The Bertz CT molecular complexity index is 83.7. The van der Waals surface area contributed by atoms with Crippen molar-refractivity contribution >= 4 is 0 Å². The maximum absolute atomic E-state index is 5.83. The summed E-state index contributed by atoms with van der Waals surface area (Å²) in [5, 5.41) is 3.17. The van der Waals surface area contributed by atoms with Gasteiger partial charge < -0.3 is 15.8 Å². The minimum atomic E-state index is -0.231. The van der Waals surface area contributed by atoms with Crippen molar-refractivity contribution in [3.8, 4) is 0 Å². The van der Waals surface area contributed by atoms with E-state index in [2.05, 4.69) is 12.2 Å². The number of hydrogen-bond acceptors (Lipinski definition) is 3. The molecule has 0 aromatic heterocycles. The SMILES string of the molecule is CCNCC(C)(N)COC. The summed E-state index contributed by atoms with van der Waals surface area (Å²) in [7, 11) is 1.66. The van der Waals surface area contributed by atoms with Crippen molar-refractivity contribution in [2.24, 2.45) is 5.73 Å². The van der Waals surface area contributed by atoms with E-state index in [0.29, 0.717) is 6.61 Å². The van der Waals surface area contributed by atoms with Crippen LogP contribution in [-0.2, 0) is 4.74 Å². The van der Waals surface area contributed by atoms with E-state index >= 15 is 0 Å². The quantitative estimate of drug-likeness (QED) is 0.572. The van der Waals surface area contributed by atoms with Crippen molar-refractivity contribution in [3.63, 3.8) is 0 Å². The van der Waals surface area contributed by atoms with Crippen molar-refractivity contribution in [1.82, 2.24) is 5.32 Å². The lowest BCUT2D eigenvalue weighted by Crippen LogP contribution is -2.49. The zero-order chi connectivity index (χ0) is 8.04. The Kier molecular flexibility index (Phi) is 4.60. The van der Waals surface area contributed by atoms with Gasteiger partial charge in [0.25, 0.3) is 0 Å². The summed E-state index contributed by atoms with van der Waals surface area (Å²) in [6.07, 6.45) is 0. The van der Waals surface area contributed by atoms with Crippen LogP contribution in [0, 0.1) is 0 Å². The largest absolute Gasteiger partial charge is 0.383 e. The highest BCUT2D eigenvalue weighted by Crippen LogP contribution is 1.95. The number of likely N-dealkylation sites (N-methyl/N-ethyl adjacent to an activating group) is 1. The zero-order valence-electron chi connectivity index (χ0n) is 7.11. The molecule has 0 aliphatic rings. The molecule has 0 amide bonds. The van der Waals surface area contributed by atoms with Crippen molar-refractivity contribution in [3.05, 3.63) is 0 Å². The highest BCUT2D eigenvalue weighted by Gasteiger charge is 2.16. The molecule has 0 saturated carbocycles. The van der Waals surface area contributed by atoms with Gasteiger partial charge in [-0.15, -0.1) is 0 Å². The third-order valence-corrected chi connectivity index (χ3v) is 1.25. The Labute approximate surface area is 62.9 Å². The average Bonchev–Trinajstić information content (AvgIpc) is 1.84. The Hall–Kier alpha value is -0.120. The van der Waals surface area contributed by atoms with E-state index in [1.807, 2.05) is 6.92 Å². The van der Waals surface area contributed by atoms with E-state index in [4.69, 9.17) is 10.5 Å². The van der Waals surface area contributed by atoms with Crippen LogP contribution in [0.25, 0.3) is 0 Å². The van der Waals surface area contributed by atoms with Gasteiger partial charge in [0, 0.05) is 19.2 Å². The van der Waals surface area contributed by atoms with E-state index in [-0.39, 0.29) is 5.54 Å². The standard InChI is InChI=1S/C7H18N2O/c1-4-9-5-7(2,8)6-10-3/h9H,4-6,8H2,1-3H3. The van der Waals surface area contributed by atoms with Gasteiger partial charge in [-0.05, 0) is 13.5 Å². The number of ether oxygens (including phenoxy) is 1. The van der Waals surface area contributed by atoms with Gasteiger partial charge in [0.15, 0.2) is 0 Å². The van der Waals surface area contributed by atoms with Gasteiger partial charge in [-0.25, -0.2) is 0 Å². The molecular weight excluding hydrogens is 128 g/mol. The molecule has 62 valence electrons. The molecule has 0 aliphatic carbocycles. The first-order valence-electron chi connectivity index (χ1n) is 3.61. The third kappa shape index (κ3) is 4.73. The number of nitrogens with two attached hydrogens (primary N) is 1. The lowest BCUT2D eigenvalue weighted by atomic mass is 10.1. The first-order valence-corrected chi connectivity index (χ1v) is 3.61. The molecular formula is C7H18N2O. The smallest absolute Gasteiger partial charge is 0.0652 e. The van der Waals surface area contributed by atoms with Crippen LogP contribution < -0.4 is 11.1 Å². The summed E-state index contributed by atoms with van der Waals surface area (Å²) in [5.74, 6) is 0. The van der Waals surface area contributed by atoms with Crippen molar-refractivity contribution < 1.29 is 4.74 Å². The van der Waals surface area contributed by atoms with E-state index in [9.17, 15) is 0 Å². The topological polar surface area (TPSA) is 47.3 Å². The van der Waals surface area contributed by atoms with Gasteiger partial charge in [0.2, 0.25) is 0 Å². The van der Waals surface area contributed by atoms with Crippen LogP contribution in [0.2, 0.25) is 0 Å². The molecule has 3 nitrogen and oxygen atoms in total. The fraction of sp³-hybridized carbons (Fsp3) is 1.00. The second kappa shape index (κ2) is 4.66. The van der Waals surface area contributed by atoms with E-state index in [0.717, 1.165) is 13.1 Å². The monoisotopic (exact) mass is 146 g/mol. The third-order valence-electron chi connectivity index (χ3n) is 1.25. The van der Waals surface area contributed by atoms with E-state index in [1.54, 1.807) is 7.11 Å². The normalized spacial score (nSPS) is 16.8. The molecule has 0 aliphatic heterocycles. The van der Waals surface area contributed by atoms with Crippen molar-refractivity contribution in [2.75, 3.05) is 26.8 Å². The van der Waals surface area contributed by atoms with Crippen LogP contribution in [0.5, 0.6) is 0 Å². The Balaban J connectivity index is 3.42. The van der Waals surface area contributed by atoms with Gasteiger partial charge in [0.1, 0.15) is 0 Å². The first-order chi connectivity index (χ1) is 4.62. The molecule has 0 saturated heterocycles. The molecule has 1 atom stereocenters. The molecule has 3 heteroatoms. The molecule has 0 heterocycles. The van der Waals surface area contributed by atoms with Crippen molar-refractivity contribution in [2.45, 2.75) is 19.4 Å². The van der Waals surface area contributed by atoms with Crippen molar-refractivity contribution in [1.29, 1.82) is 0 Å². The lowest BCUT2D eigenvalue weighted by Gasteiger charge is -2.23. The summed E-state index contributed by atoms with van der Waals surface area (Å²) >= 11 is 0. The molecule has 0 aromatic carbocycles. The van der Waals surface area contributed by atoms with Crippen LogP contribution in [0.1, 0.15) is 13.8 Å². The molecule has 0 bridgehead atoms. The minimum Gasteiger partial charge on any atom is -0.383 e. The number of nitrogens with one attached hydrogen (secondary N) is 1. The molecule has 0 fully saturated rings.